The van der Waals surface area contributed by atoms with Crippen molar-refractivity contribution in [2.75, 3.05) is 13.1 Å². The lowest BCUT2D eigenvalue weighted by atomic mass is 9.95. The van der Waals surface area contributed by atoms with Gasteiger partial charge in [-0.15, -0.1) is 0 Å². The number of nitrogens with zero attached hydrogens (tertiary/aromatic N) is 1. The zero-order chi connectivity index (χ0) is 20.8. The molecule has 1 fully saturated rings. The van der Waals surface area contributed by atoms with Crippen molar-refractivity contribution in [3.8, 4) is 0 Å². The lowest BCUT2D eigenvalue weighted by Crippen LogP contribution is -2.40. The average molecular weight is 417 g/mol. The Morgan fingerprint density at radius 1 is 1.14 bits per heavy atom. The van der Waals surface area contributed by atoms with Crippen molar-refractivity contribution in [1.82, 2.24) is 10.2 Å². The van der Waals surface area contributed by atoms with Gasteiger partial charge in [0, 0.05) is 29.6 Å². The van der Waals surface area contributed by atoms with Crippen LogP contribution < -0.4 is 5.32 Å². The second-order valence-corrected chi connectivity index (χ2v) is 8.19. The van der Waals surface area contributed by atoms with Gasteiger partial charge in [0.25, 0.3) is 0 Å². The molecule has 1 N–H and O–H groups in total. The molecular weight excluding hydrogens is 387 g/mol. The molecule has 1 amide bonds. The lowest BCUT2D eigenvalue weighted by Gasteiger charge is -2.31. The van der Waals surface area contributed by atoms with Gasteiger partial charge in [-0.2, -0.15) is 0 Å². The molecule has 0 bridgehead atoms. The van der Waals surface area contributed by atoms with Crippen LogP contribution in [-0.4, -0.2) is 23.9 Å². The first kappa shape index (κ1) is 21.8. The molecule has 0 aliphatic carbocycles. The molecule has 3 nitrogen and oxygen atoms in total. The first-order valence-corrected chi connectivity index (χ1v) is 10.9. The Labute approximate surface area is 178 Å². The summed E-state index contributed by atoms with van der Waals surface area (Å²) < 4.78 is 14.0. The number of benzene rings is 2. The summed E-state index contributed by atoms with van der Waals surface area (Å²) in [6, 6.07) is 11.3. The van der Waals surface area contributed by atoms with Crippen LogP contribution in [0.1, 0.15) is 48.9 Å². The third-order valence-electron chi connectivity index (χ3n) is 5.91. The number of amides is 1. The number of hydrogen-bond donors (Lipinski definition) is 1. The highest BCUT2D eigenvalue weighted by Crippen LogP contribution is 2.24. The molecule has 0 atom stereocenters. The van der Waals surface area contributed by atoms with E-state index < -0.39 is 0 Å². The van der Waals surface area contributed by atoms with E-state index in [1.807, 2.05) is 0 Å². The van der Waals surface area contributed by atoms with Crippen LogP contribution in [0, 0.1) is 11.7 Å². The predicted octanol–water partition coefficient (Wildman–Crippen LogP) is 5.13. The molecule has 29 heavy (non-hydrogen) atoms. The minimum absolute atomic E-state index is 0.0155. The molecular formula is C24H30ClFN2O. The van der Waals surface area contributed by atoms with Crippen molar-refractivity contribution in [2.24, 2.45) is 5.92 Å². The maximum atomic E-state index is 14.0. The predicted molar refractivity (Wildman–Crippen MR) is 116 cm³/mol. The average Bonchev–Trinajstić information content (AvgIpc) is 2.75. The number of halogens is 2. The SMILES string of the molecule is CCc1ccc(CC)c(CNC(=O)C2CCN(Cc3c(F)cccc3Cl)CC2)c1. The van der Waals surface area contributed by atoms with Crippen LogP contribution >= 0.6 is 11.6 Å². The summed E-state index contributed by atoms with van der Waals surface area (Å²) in [6.45, 7) is 6.91. The van der Waals surface area contributed by atoms with Gasteiger partial charge in [-0.1, -0.05) is 49.7 Å². The molecule has 1 heterocycles. The minimum Gasteiger partial charge on any atom is -0.352 e. The van der Waals surface area contributed by atoms with Gasteiger partial charge in [0.1, 0.15) is 5.82 Å². The van der Waals surface area contributed by atoms with E-state index in [1.54, 1.807) is 12.1 Å². The number of carbonyl (C=O) groups is 1. The highest BCUT2D eigenvalue weighted by atomic mass is 35.5. The molecule has 0 radical (unpaired) electrons. The van der Waals surface area contributed by atoms with Crippen LogP contribution in [-0.2, 0) is 30.7 Å². The third-order valence-corrected chi connectivity index (χ3v) is 6.27. The van der Waals surface area contributed by atoms with Crippen LogP contribution in [0.3, 0.4) is 0 Å². The maximum Gasteiger partial charge on any atom is 0.223 e. The van der Waals surface area contributed by atoms with Crippen molar-refractivity contribution in [3.63, 3.8) is 0 Å². The number of nitrogens with one attached hydrogen (secondary N) is 1. The summed E-state index contributed by atoms with van der Waals surface area (Å²) in [5.74, 6) is -0.127. The summed E-state index contributed by atoms with van der Waals surface area (Å²) in [4.78, 5) is 14.9. The fraction of sp³-hybridized carbons (Fsp3) is 0.458. The number of rotatable bonds is 7. The Bertz CT molecular complexity index is 827. The second-order valence-electron chi connectivity index (χ2n) is 7.78. The molecule has 1 aliphatic heterocycles. The number of piperidine rings is 1. The first-order chi connectivity index (χ1) is 14.0. The number of hydrogen-bond acceptors (Lipinski definition) is 2. The van der Waals surface area contributed by atoms with Crippen molar-refractivity contribution in [2.45, 2.75) is 52.6 Å². The van der Waals surface area contributed by atoms with E-state index in [0.29, 0.717) is 23.7 Å². The fourth-order valence-electron chi connectivity index (χ4n) is 4.00. The molecule has 0 aromatic heterocycles. The molecule has 1 aliphatic rings. The van der Waals surface area contributed by atoms with E-state index in [0.717, 1.165) is 38.8 Å². The van der Waals surface area contributed by atoms with E-state index in [2.05, 4.69) is 42.3 Å². The van der Waals surface area contributed by atoms with Crippen LogP contribution in [0.2, 0.25) is 5.02 Å². The van der Waals surface area contributed by atoms with Gasteiger partial charge in [0.05, 0.1) is 0 Å². The van der Waals surface area contributed by atoms with Gasteiger partial charge in [-0.3, -0.25) is 9.69 Å². The highest BCUT2D eigenvalue weighted by molar-refractivity contribution is 6.31. The van der Waals surface area contributed by atoms with Crippen LogP contribution in [0.5, 0.6) is 0 Å². The van der Waals surface area contributed by atoms with E-state index in [1.165, 1.54) is 22.8 Å². The van der Waals surface area contributed by atoms with Crippen LogP contribution in [0.4, 0.5) is 4.39 Å². The topological polar surface area (TPSA) is 32.3 Å². The molecule has 5 heteroatoms. The van der Waals surface area contributed by atoms with Gasteiger partial charge < -0.3 is 5.32 Å². The Balaban J connectivity index is 1.52. The monoisotopic (exact) mass is 416 g/mol. The summed E-state index contributed by atoms with van der Waals surface area (Å²) in [5, 5.41) is 3.60. The maximum absolute atomic E-state index is 14.0. The summed E-state index contributed by atoms with van der Waals surface area (Å²) >= 11 is 6.14. The number of likely N-dealkylation sites (tertiary alicyclic amines) is 1. The van der Waals surface area contributed by atoms with Gasteiger partial charge in [0.2, 0.25) is 5.91 Å². The minimum atomic E-state index is -0.265. The lowest BCUT2D eigenvalue weighted by molar-refractivity contribution is -0.126. The molecule has 3 rings (SSSR count). The Hall–Kier alpha value is -1.91. The first-order valence-electron chi connectivity index (χ1n) is 10.5. The Morgan fingerprint density at radius 3 is 2.55 bits per heavy atom. The van der Waals surface area contributed by atoms with Gasteiger partial charge >= 0.3 is 0 Å². The van der Waals surface area contributed by atoms with Gasteiger partial charge in [-0.05, 0) is 67.6 Å². The summed E-state index contributed by atoms with van der Waals surface area (Å²) in [5.41, 5.74) is 4.34. The molecule has 0 unspecified atom stereocenters. The molecule has 2 aromatic carbocycles. The highest BCUT2D eigenvalue weighted by Gasteiger charge is 2.25. The molecule has 0 saturated carbocycles. The standard InChI is InChI=1S/C24H30ClFN2O/c1-3-17-8-9-18(4-2)20(14-17)15-27-24(29)19-10-12-28(13-11-19)16-21-22(25)6-5-7-23(21)26/h5-9,14,19H,3-4,10-13,15-16H2,1-2H3,(H,27,29). The molecule has 0 spiro atoms. The van der Waals surface area contributed by atoms with Crippen LogP contribution in [0.25, 0.3) is 0 Å². The Kier molecular flexibility index (Phi) is 7.68. The summed E-state index contributed by atoms with van der Waals surface area (Å²) in [6.07, 6.45) is 3.53. The fourth-order valence-corrected chi connectivity index (χ4v) is 4.22. The van der Waals surface area contributed by atoms with E-state index in [9.17, 15) is 9.18 Å². The van der Waals surface area contributed by atoms with E-state index >= 15 is 0 Å². The normalized spacial score (nSPS) is 15.4. The summed E-state index contributed by atoms with van der Waals surface area (Å²) in [7, 11) is 0. The smallest absolute Gasteiger partial charge is 0.223 e. The number of carbonyl (C=O) groups excluding carboxylic acids is 1. The molecule has 156 valence electrons. The van der Waals surface area contributed by atoms with Crippen molar-refractivity contribution >= 4 is 17.5 Å². The van der Waals surface area contributed by atoms with E-state index in [4.69, 9.17) is 11.6 Å². The van der Waals surface area contributed by atoms with Crippen molar-refractivity contribution in [1.29, 1.82) is 0 Å². The number of aryl methyl sites for hydroxylation is 2. The van der Waals surface area contributed by atoms with Crippen molar-refractivity contribution < 1.29 is 9.18 Å². The van der Waals surface area contributed by atoms with Gasteiger partial charge in [-0.25, -0.2) is 4.39 Å². The zero-order valence-corrected chi connectivity index (χ0v) is 18.1. The second kappa shape index (κ2) is 10.2. The van der Waals surface area contributed by atoms with Gasteiger partial charge in [0.15, 0.2) is 0 Å². The largest absolute Gasteiger partial charge is 0.352 e. The van der Waals surface area contributed by atoms with Crippen LogP contribution in [0.15, 0.2) is 36.4 Å². The van der Waals surface area contributed by atoms with Crippen molar-refractivity contribution in [3.05, 3.63) is 69.5 Å². The third kappa shape index (κ3) is 5.58. The molecule has 2 aromatic rings. The quantitative estimate of drug-likeness (QED) is 0.678. The Morgan fingerprint density at radius 2 is 1.90 bits per heavy atom. The molecule has 1 saturated heterocycles. The van der Waals surface area contributed by atoms with E-state index in [-0.39, 0.29) is 17.6 Å². The zero-order valence-electron chi connectivity index (χ0n) is 17.3.